The van der Waals surface area contributed by atoms with Crippen LogP contribution in [0.15, 0.2) is 35.4 Å². The van der Waals surface area contributed by atoms with Crippen LogP contribution in [0.3, 0.4) is 0 Å². The monoisotopic (exact) mass is 672 g/mol. The van der Waals surface area contributed by atoms with Gasteiger partial charge in [-0.05, 0) is 85.2 Å². The van der Waals surface area contributed by atoms with Crippen molar-refractivity contribution in [1.82, 2.24) is 0 Å². The summed E-state index contributed by atoms with van der Waals surface area (Å²) in [7, 11) is -2.02. The third kappa shape index (κ3) is 5.08. The Morgan fingerprint density at radius 1 is 0.935 bits per heavy atom. The highest BCUT2D eigenvalue weighted by Gasteiger charge is 2.79. The van der Waals surface area contributed by atoms with Gasteiger partial charge >= 0.3 is 12.1 Å². The van der Waals surface area contributed by atoms with Crippen molar-refractivity contribution in [2.75, 3.05) is 13.2 Å². The van der Waals surface area contributed by atoms with Crippen LogP contribution >= 0.6 is 0 Å². The number of hydrogen-bond donors (Lipinski definition) is 2. The summed E-state index contributed by atoms with van der Waals surface area (Å²) >= 11 is 0. The molecule has 11 heteroatoms. The summed E-state index contributed by atoms with van der Waals surface area (Å²) in [5.74, 6) is -7.60. The number of hydrogen-bond acceptors (Lipinski definition) is 5. The fourth-order valence-electron chi connectivity index (χ4n) is 9.39. The summed E-state index contributed by atoms with van der Waals surface area (Å²) in [6, 6.07) is 7.71. The average Bonchev–Trinajstić information content (AvgIpc) is 3.51. The molecule has 3 saturated carbocycles. The third-order valence-corrected chi connectivity index (χ3v) is 17.5. The van der Waals surface area contributed by atoms with Crippen molar-refractivity contribution in [2.45, 2.75) is 139 Å². The van der Waals surface area contributed by atoms with Crippen LogP contribution in [0, 0.1) is 17.3 Å². The van der Waals surface area contributed by atoms with E-state index in [-0.39, 0.29) is 30.2 Å². The first-order valence-corrected chi connectivity index (χ1v) is 19.6. The van der Waals surface area contributed by atoms with Crippen molar-refractivity contribution in [3.8, 4) is 0 Å². The zero-order chi connectivity index (χ0) is 33.8. The largest absolute Gasteiger partial charge is 0.456 e. The molecule has 0 bridgehead atoms. The molecule has 4 aliphatic carbocycles. The topological polar surface area (TPSA) is 68.2 Å². The van der Waals surface area contributed by atoms with Gasteiger partial charge in [0, 0.05) is 24.2 Å². The molecule has 6 atom stereocenters. The van der Waals surface area contributed by atoms with Crippen molar-refractivity contribution < 1.29 is 46.1 Å². The van der Waals surface area contributed by atoms with Crippen LogP contribution in [0.25, 0.3) is 0 Å². The number of alkyl halides is 5. The van der Waals surface area contributed by atoms with E-state index >= 15 is 8.78 Å². The van der Waals surface area contributed by atoms with Crippen molar-refractivity contribution in [3.05, 3.63) is 46.5 Å². The van der Waals surface area contributed by atoms with Crippen LogP contribution in [0.5, 0.6) is 0 Å². The summed E-state index contributed by atoms with van der Waals surface area (Å²) in [4.78, 5) is 0. The van der Waals surface area contributed by atoms with Gasteiger partial charge in [0.2, 0.25) is 0 Å². The Labute approximate surface area is 270 Å². The average molecular weight is 673 g/mol. The molecule has 5 aliphatic rings. The van der Waals surface area contributed by atoms with Crippen molar-refractivity contribution in [2.24, 2.45) is 17.3 Å². The second-order valence-corrected chi connectivity index (χ2v) is 21.2. The van der Waals surface area contributed by atoms with E-state index in [1.54, 1.807) is 0 Å². The van der Waals surface area contributed by atoms with Crippen molar-refractivity contribution in [1.29, 1.82) is 0 Å². The van der Waals surface area contributed by atoms with Gasteiger partial charge < -0.3 is 24.1 Å². The smallest absolute Gasteiger partial charge is 0.413 e. The highest BCUT2D eigenvalue weighted by Crippen LogP contribution is 2.71. The van der Waals surface area contributed by atoms with Gasteiger partial charge in [-0.3, -0.25) is 0 Å². The van der Waals surface area contributed by atoms with Gasteiger partial charge in [0.15, 0.2) is 14.1 Å². The maximum Gasteiger partial charge on any atom is 0.456 e. The van der Waals surface area contributed by atoms with E-state index in [0.717, 1.165) is 22.3 Å². The lowest BCUT2D eigenvalue weighted by molar-refractivity contribution is -0.362. The number of fused-ring (bicyclic) bond motifs is 4. The van der Waals surface area contributed by atoms with E-state index in [1.165, 1.54) is 6.92 Å². The standard InChI is InChI=1S/C35H49F5O5Si/c1-29(2,3)46(5,6)45-20-22-7-9-23(10-8-22)25-19-30(4)26(13-16-33(30,42)34(36,37)35(38,39)40)24-11-14-31(41)21-32(43-17-18-44-32)15-12-27(31)28(24)25/h7-10,24-26,41-42H,11-21H2,1-6H3/t24-,25+,26-,30-,31+,33-/m0/s1. The first kappa shape index (κ1) is 34.5. The van der Waals surface area contributed by atoms with E-state index in [2.05, 4.69) is 33.9 Å². The molecule has 2 N–H and O–H groups in total. The number of allylic oxidation sites excluding steroid dienone is 1. The number of aliphatic hydroxyl groups is 2. The molecule has 1 spiro atoms. The summed E-state index contributed by atoms with van der Waals surface area (Å²) < 4.78 is 90.8. The van der Waals surface area contributed by atoms with Gasteiger partial charge in [0.25, 0.3) is 0 Å². The Kier molecular flexibility index (Phi) is 8.11. The summed E-state index contributed by atoms with van der Waals surface area (Å²) in [6.07, 6.45) is -4.49. The van der Waals surface area contributed by atoms with E-state index in [1.807, 2.05) is 24.3 Å². The zero-order valence-electron chi connectivity index (χ0n) is 27.8. The maximum absolute atomic E-state index is 15.3. The van der Waals surface area contributed by atoms with Gasteiger partial charge in [0.1, 0.15) is 5.60 Å². The van der Waals surface area contributed by atoms with Crippen LogP contribution < -0.4 is 0 Å². The SMILES string of the molecule is CC(C)(C)[Si](C)(C)OCc1ccc([C@H]2C[C@@]3(C)[C@@H](CC[C@@]3(O)C(F)(F)C(F)(F)F)[C@@H]3CC[C@@]4(O)CC5(CCC4=C32)OCCO5)cc1. The minimum absolute atomic E-state index is 0.0331. The minimum Gasteiger partial charge on any atom is -0.413 e. The molecule has 1 aromatic carbocycles. The number of benzene rings is 1. The predicted octanol–water partition coefficient (Wildman–Crippen LogP) is 8.41. The Hall–Kier alpha value is -1.37. The van der Waals surface area contributed by atoms with Crippen LogP contribution in [-0.2, 0) is 20.5 Å². The van der Waals surface area contributed by atoms with Crippen molar-refractivity contribution >= 4 is 8.32 Å². The van der Waals surface area contributed by atoms with E-state index < -0.39 is 61.1 Å². The Balaban J connectivity index is 1.41. The molecule has 0 amide bonds. The number of ether oxygens (including phenoxy) is 2. The summed E-state index contributed by atoms with van der Waals surface area (Å²) in [5, 5.41) is 23.8. The van der Waals surface area contributed by atoms with Crippen LogP contribution in [0.2, 0.25) is 18.1 Å². The Bertz CT molecular complexity index is 1360. The maximum atomic E-state index is 15.3. The summed E-state index contributed by atoms with van der Waals surface area (Å²) in [6.45, 7) is 13.6. The molecule has 0 aromatic heterocycles. The van der Waals surface area contributed by atoms with Gasteiger partial charge in [0.05, 0.1) is 25.4 Å². The lowest BCUT2D eigenvalue weighted by Crippen LogP contribution is -2.65. The van der Waals surface area contributed by atoms with E-state index in [0.29, 0.717) is 45.5 Å². The molecule has 46 heavy (non-hydrogen) atoms. The fraction of sp³-hybridized carbons (Fsp3) is 0.771. The zero-order valence-corrected chi connectivity index (χ0v) is 28.8. The summed E-state index contributed by atoms with van der Waals surface area (Å²) in [5.41, 5.74) is -2.65. The third-order valence-electron chi connectivity index (χ3n) is 13.0. The molecule has 0 radical (unpaired) electrons. The Morgan fingerprint density at radius 3 is 2.15 bits per heavy atom. The molecule has 4 fully saturated rings. The molecule has 6 rings (SSSR count). The number of halogens is 5. The minimum atomic E-state index is -5.88. The van der Waals surface area contributed by atoms with Crippen molar-refractivity contribution in [3.63, 3.8) is 0 Å². The quantitative estimate of drug-likeness (QED) is 0.187. The molecule has 1 aliphatic heterocycles. The van der Waals surface area contributed by atoms with E-state index in [4.69, 9.17) is 13.9 Å². The molecule has 1 aromatic rings. The second kappa shape index (κ2) is 10.8. The lowest BCUT2D eigenvalue weighted by atomic mass is 9.49. The first-order chi connectivity index (χ1) is 21.1. The van der Waals surface area contributed by atoms with Crippen LogP contribution in [0.1, 0.15) is 96.1 Å². The normalized spacial score (nSPS) is 36.5. The molecule has 258 valence electrons. The van der Waals surface area contributed by atoms with Gasteiger partial charge in [-0.1, -0.05) is 57.5 Å². The molecule has 0 unspecified atom stereocenters. The second-order valence-electron chi connectivity index (χ2n) is 16.4. The van der Waals surface area contributed by atoms with Gasteiger partial charge in [-0.25, -0.2) is 0 Å². The molecular formula is C35H49F5O5Si. The first-order valence-electron chi connectivity index (χ1n) is 16.7. The highest BCUT2D eigenvalue weighted by molar-refractivity contribution is 6.74. The molecular weight excluding hydrogens is 623 g/mol. The highest BCUT2D eigenvalue weighted by atomic mass is 28.4. The Morgan fingerprint density at radius 2 is 1.57 bits per heavy atom. The van der Waals surface area contributed by atoms with Crippen LogP contribution in [-0.4, -0.2) is 60.8 Å². The lowest BCUT2D eigenvalue weighted by Gasteiger charge is -2.58. The van der Waals surface area contributed by atoms with Gasteiger partial charge in [-0.2, -0.15) is 22.0 Å². The van der Waals surface area contributed by atoms with Crippen LogP contribution in [0.4, 0.5) is 22.0 Å². The van der Waals surface area contributed by atoms with E-state index in [9.17, 15) is 23.4 Å². The fourth-order valence-corrected chi connectivity index (χ4v) is 10.4. The number of rotatable bonds is 5. The van der Waals surface area contributed by atoms with Gasteiger partial charge in [-0.15, -0.1) is 0 Å². The predicted molar refractivity (Wildman–Crippen MR) is 166 cm³/mol. The molecule has 1 saturated heterocycles. The molecule has 1 heterocycles. The molecule has 5 nitrogen and oxygen atoms in total.